The zero-order valence-corrected chi connectivity index (χ0v) is 16.6. The second-order valence-electron chi connectivity index (χ2n) is 6.85. The fourth-order valence-corrected chi connectivity index (χ4v) is 3.29. The molecule has 0 aliphatic heterocycles. The van der Waals surface area contributed by atoms with Crippen LogP contribution in [0.2, 0.25) is 0 Å². The topological polar surface area (TPSA) is 73.3 Å². The predicted octanol–water partition coefficient (Wildman–Crippen LogP) is 4.13. The summed E-state index contributed by atoms with van der Waals surface area (Å²) < 4.78 is 15.6. The van der Waals surface area contributed by atoms with Gasteiger partial charge < -0.3 is 14.8 Å². The van der Waals surface area contributed by atoms with E-state index in [1.165, 1.54) is 17.1 Å². The fraction of sp³-hybridized carbons (Fsp3) is 0.286. The first kappa shape index (κ1) is 18.4. The molecule has 0 spiro atoms. The quantitative estimate of drug-likeness (QED) is 0.651. The Kier molecular flexibility index (Phi) is 5.25. The molecule has 1 aliphatic carbocycles. The molecule has 6 nitrogen and oxygen atoms in total. The van der Waals surface area contributed by atoms with Gasteiger partial charge in [-0.25, -0.2) is 0 Å². The maximum absolute atomic E-state index is 12.3. The molecule has 0 bridgehead atoms. The van der Waals surface area contributed by atoms with Gasteiger partial charge >= 0.3 is 0 Å². The van der Waals surface area contributed by atoms with Crippen molar-refractivity contribution >= 4 is 17.4 Å². The van der Waals surface area contributed by atoms with Gasteiger partial charge in [-0.1, -0.05) is 29.8 Å². The third-order valence-corrected chi connectivity index (χ3v) is 5.10. The predicted molar refractivity (Wildman–Crippen MR) is 107 cm³/mol. The number of amides is 1. The fourth-order valence-electron chi connectivity index (χ4n) is 2.73. The van der Waals surface area contributed by atoms with Crippen LogP contribution in [-0.4, -0.2) is 28.4 Å². The molecule has 1 amide bonds. The highest BCUT2D eigenvalue weighted by Gasteiger charge is 2.24. The summed E-state index contributed by atoms with van der Waals surface area (Å²) in [4.78, 5) is 16.8. The van der Waals surface area contributed by atoms with Gasteiger partial charge in [0.15, 0.2) is 17.3 Å². The third-order valence-electron chi connectivity index (χ3n) is 4.47. The minimum Gasteiger partial charge on any atom is -0.493 e. The summed E-state index contributed by atoms with van der Waals surface area (Å²) in [6.45, 7) is 2.06. The molecule has 4 rings (SSSR count). The van der Waals surface area contributed by atoms with Crippen molar-refractivity contribution in [3.63, 3.8) is 0 Å². The number of hydrogen-bond donors (Lipinski definition) is 1. The molecule has 1 saturated carbocycles. The van der Waals surface area contributed by atoms with E-state index < -0.39 is 0 Å². The summed E-state index contributed by atoms with van der Waals surface area (Å²) in [5.74, 6) is 1.58. The number of carbonyl (C=O) groups is 1. The second-order valence-corrected chi connectivity index (χ2v) is 7.57. The lowest BCUT2D eigenvalue weighted by molar-refractivity contribution is 0.0950. The lowest BCUT2D eigenvalue weighted by Gasteiger charge is -2.10. The van der Waals surface area contributed by atoms with Crippen LogP contribution in [0.4, 0.5) is 0 Å². The van der Waals surface area contributed by atoms with Crippen LogP contribution >= 0.6 is 11.5 Å². The summed E-state index contributed by atoms with van der Waals surface area (Å²) >= 11 is 1.18. The van der Waals surface area contributed by atoms with E-state index in [0.717, 1.165) is 18.4 Å². The maximum Gasteiger partial charge on any atom is 0.298 e. The first-order valence-electron chi connectivity index (χ1n) is 9.15. The lowest BCUT2D eigenvalue weighted by atomic mass is 10.1. The van der Waals surface area contributed by atoms with Gasteiger partial charge in [0.05, 0.1) is 7.11 Å². The standard InChI is InChI=1S/C21H21N3O3S/c1-13-3-5-14(6-4-13)11-19-23-21(28-24-19)27-18-12-15(7-10-17(18)26-2)20(25)22-16-8-9-16/h3-7,10,12,16H,8-9,11H2,1-2H3,(H,22,25). The van der Waals surface area contributed by atoms with Crippen LogP contribution < -0.4 is 14.8 Å². The Hall–Kier alpha value is -2.93. The first-order chi connectivity index (χ1) is 13.6. The molecular formula is C21H21N3O3S. The summed E-state index contributed by atoms with van der Waals surface area (Å²) in [5, 5.41) is 3.39. The van der Waals surface area contributed by atoms with Crippen LogP contribution in [0.25, 0.3) is 0 Å². The molecule has 0 unspecified atom stereocenters. The number of hydrogen-bond acceptors (Lipinski definition) is 6. The van der Waals surface area contributed by atoms with Gasteiger partial charge in [0.25, 0.3) is 11.1 Å². The van der Waals surface area contributed by atoms with Crippen molar-refractivity contribution in [2.24, 2.45) is 0 Å². The van der Waals surface area contributed by atoms with E-state index in [0.29, 0.717) is 40.5 Å². The largest absolute Gasteiger partial charge is 0.493 e. The minimum atomic E-state index is -0.104. The Morgan fingerprint density at radius 1 is 1.18 bits per heavy atom. The number of nitrogens with one attached hydrogen (secondary N) is 1. The van der Waals surface area contributed by atoms with Gasteiger partial charge in [-0.2, -0.15) is 9.36 Å². The van der Waals surface area contributed by atoms with Gasteiger partial charge in [0, 0.05) is 29.6 Å². The highest BCUT2D eigenvalue weighted by atomic mass is 32.1. The number of benzene rings is 2. The molecule has 144 valence electrons. The van der Waals surface area contributed by atoms with Crippen molar-refractivity contribution in [3.05, 3.63) is 65.0 Å². The van der Waals surface area contributed by atoms with Crippen molar-refractivity contribution in [2.75, 3.05) is 7.11 Å². The smallest absolute Gasteiger partial charge is 0.298 e. The number of ether oxygens (including phenoxy) is 2. The van der Waals surface area contributed by atoms with Gasteiger partial charge in [-0.05, 0) is 43.5 Å². The molecule has 3 aromatic rings. The Labute approximate surface area is 167 Å². The zero-order chi connectivity index (χ0) is 19.5. The van der Waals surface area contributed by atoms with Crippen molar-refractivity contribution in [2.45, 2.75) is 32.2 Å². The molecule has 0 saturated heterocycles. The molecule has 2 aromatic carbocycles. The Balaban J connectivity index is 1.49. The highest BCUT2D eigenvalue weighted by Crippen LogP contribution is 2.33. The molecule has 0 radical (unpaired) electrons. The average molecular weight is 395 g/mol. The van der Waals surface area contributed by atoms with Gasteiger partial charge in [-0.15, -0.1) is 0 Å². The number of rotatable bonds is 7. The molecule has 7 heteroatoms. The van der Waals surface area contributed by atoms with Crippen LogP contribution in [0.1, 0.15) is 40.2 Å². The van der Waals surface area contributed by atoms with Crippen LogP contribution in [0.15, 0.2) is 42.5 Å². The number of nitrogens with zero attached hydrogens (tertiary/aromatic N) is 2. The molecular weight excluding hydrogens is 374 g/mol. The first-order valence-corrected chi connectivity index (χ1v) is 9.93. The number of aromatic nitrogens is 2. The monoisotopic (exact) mass is 395 g/mol. The van der Waals surface area contributed by atoms with Crippen molar-refractivity contribution in [1.29, 1.82) is 0 Å². The summed E-state index contributed by atoms with van der Waals surface area (Å²) in [6.07, 6.45) is 2.72. The number of aryl methyl sites for hydroxylation is 1. The lowest BCUT2D eigenvalue weighted by Crippen LogP contribution is -2.25. The normalized spacial score (nSPS) is 13.2. The molecule has 1 fully saturated rings. The van der Waals surface area contributed by atoms with Crippen LogP contribution in [-0.2, 0) is 6.42 Å². The van der Waals surface area contributed by atoms with E-state index in [9.17, 15) is 4.79 Å². The SMILES string of the molecule is COc1ccc(C(=O)NC2CC2)cc1Oc1nc(Cc2ccc(C)cc2)ns1. The van der Waals surface area contributed by atoms with Crippen molar-refractivity contribution in [1.82, 2.24) is 14.7 Å². The molecule has 28 heavy (non-hydrogen) atoms. The Morgan fingerprint density at radius 3 is 2.68 bits per heavy atom. The third kappa shape index (κ3) is 4.48. The maximum atomic E-state index is 12.3. The van der Waals surface area contributed by atoms with Crippen LogP contribution in [0, 0.1) is 6.92 Å². The van der Waals surface area contributed by atoms with E-state index in [-0.39, 0.29) is 5.91 Å². The molecule has 1 aromatic heterocycles. The van der Waals surface area contributed by atoms with E-state index in [1.807, 2.05) is 0 Å². The summed E-state index contributed by atoms with van der Waals surface area (Å²) in [5.41, 5.74) is 2.90. The molecule has 0 atom stereocenters. The van der Waals surface area contributed by atoms with Crippen molar-refractivity contribution in [3.8, 4) is 16.7 Å². The van der Waals surface area contributed by atoms with Gasteiger partial charge in [-0.3, -0.25) is 4.79 Å². The van der Waals surface area contributed by atoms with Crippen molar-refractivity contribution < 1.29 is 14.3 Å². The van der Waals surface area contributed by atoms with E-state index in [1.54, 1.807) is 25.3 Å². The summed E-state index contributed by atoms with van der Waals surface area (Å²) in [7, 11) is 1.56. The van der Waals surface area contributed by atoms with E-state index >= 15 is 0 Å². The minimum absolute atomic E-state index is 0.104. The number of carbonyl (C=O) groups excluding carboxylic acids is 1. The van der Waals surface area contributed by atoms with E-state index in [2.05, 4.69) is 45.9 Å². The van der Waals surface area contributed by atoms with Gasteiger partial charge in [0.1, 0.15) is 0 Å². The van der Waals surface area contributed by atoms with Crippen LogP contribution in [0.3, 0.4) is 0 Å². The zero-order valence-electron chi connectivity index (χ0n) is 15.8. The van der Waals surface area contributed by atoms with Gasteiger partial charge in [0.2, 0.25) is 0 Å². The molecule has 1 N–H and O–H groups in total. The second kappa shape index (κ2) is 7.98. The molecule has 1 heterocycles. The Morgan fingerprint density at radius 2 is 1.96 bits per heavy atom. The highest BCUT2D eigenvalue weighted by molar-refractivity contribution is 7.07. The average Bonchev–Trinajstić information content (AvgIpc) is 3.41. The van der Waals surface area contributed by atoms with E-state index in [4.69, 9.17) is 9.47 Å². The Bertz CT molecular complexity index is 981. The van der Waals surface area contributed by atoms with Crippen LogP contribution in [0.5, 0.6) is 16.7 Å². The molecule has 1 aliphatic rings. The number of methoxy groups -OCH3 is 1. The summed E-state index contributed by atoms with van der Waals surface area (Å²) in [6, 6.07) is 13.7.